The summed E-state index contributed by atoms with van der Waals surface area (Å²) >= 11 is 5.81. The van der Waals surface area contributed by atoms with Crippen molar-refractivity contribution in [3.05, 3.63) is 45.6 Å². The highest BCUT2D eigenvalue weighted by Crippen LogP contribution is 2.46. The molecule has 0 saturated carbocycles. The van der Waals surface area contributed by atoms with Gasteiger partial charge in [0.05, 0.1) is 5.75 Å². The highest BCUT2D eigenvalue weighted by Gasteiger charge is 2.66. The first kappa shape index (κ1) is 27.2. The van der Waals surface area contributed by atoms with Crippen LogP contribution in [0.1, 0.15) is 17.3 Å². The van der Waals surface area contributed by atoms with Crippen molar-refractivity contribution in [1.82, 2.24) is 10.2 Å². The van der Waals surface area contributed by atoms with Gasteiger partial charge in [-0.15, -0.1) is 11.8 Å². The number of Topliss-reactive ketones (excluding diaryl/α,β-unsaturated/α-hetero) is 1. The smallest absolute Gasteiger partial charge is 0.355 e. The fourth-order valence-electron chi connectivity index (χ4n) is 3.52. The number of nitrogens with zero attached hydrogens (tertiary/aromatic N) is 1. The summed E-state index contributed by atoms with van der Waals surface area (Å²) in [5, 5.41) is 1.87. The minimum absolute atomic E-state index is 0.121. The maximum Gasteiger partial charge on any atom is 0.355 e. The van der Waals surface area contributed by atoms with Crippen LogP contribution in [0.3, 0.4) is 0 Å². The average Bonchev–Trinajstić information content (AvgIpc) is 2.84. The van der Waals surface area contributed by atoms with Crippen LogP contribution in [0.5, 0.6) is 0 Å². The fourth-order valence-corrected chi connectivity index (χ4v) is 5.54. The van der Waals surface area contributed by atoms with Crippen molar-refractivity contribution in [2.45, 2.75) is 18.0 Å². The molecule has 2 atom stereocenters. The van der Waals surface area contributed by atoms with Crippen molar-refractivity contribution in [2.75, 3.05) is 38.1 Å². The molecule has 1 N–H and O–H groups in total. The number of benzene rings is 1. The predicted molar refractivity (Wildman–Crippen MR) is 132 cm³/mol. The molecule has 1 saturated heterocycles. The Morgan fingerprint density at radius 3 is 2.51 bits per heavy atom. The molecule has 3 rings (SSSR count). The largest absolute Gasteiger partial charge is 0.461 e. The SMILES string of the molecule is CO[C@@]1(NC(=O)CSC)C(=O)N2C(C(=O)OCC(=O)c3ccc(Br)cc3)=C(COC(C)=O)CS[C@@H]21. The molecule has 0 aromatic heterocycles. The van der Waals surface area contributed by atoms with Crippen molar-refractivity contribution >= 4 is 69.0 Å². The number of hydrogen-bond acceptors (Lipinski definition) is 10. The van der Waals surface area contributed by atoms with Crippen LogP contribution in [0, 0.1) is 0 Å². The quantitative estimate of drug-likeness (QED) is 0.187. The van der Waals surface area contributed by atoms with E-state index in [0.29, 0.717) is 11.1 Å². The summed E-state index contributed by atoms with van der Waals surface area (Å²) in [4.78, 5) is 63.5. The van der Waals surface area contributed by atoms with Gasteiger partial charge < -0.3 is 19.5 Å². The molecule has 2 heterocycles. The highest BCUT2D eigenvalue weighted by atomic mass is 79.9. The van der Waals surface area contributed by atoms with Crippen LogP contribution in [0.15, 0.2) is 40.0 Å². The van der Waals surface area contributed by atoms with E-state index in [9.17, 15) is 24.0 Å². The molecule has 35 heavy (non-hydrogen) atoms. The number of carbonyl (C=O) groups excluding carboxylic acids is 5. The van der Waals surface area contributed by atoms with Gasteiger partial charge in [-0.3, -0.25) is 24.1 Å². The summed E-state index contributed by atoms with van der Waals surface area (Å²) in [7, 11) is 1.29. The summed E-state index contributed by atoms with van der Waals surface area (Å²) < 4.78 is 16.5. The van der Waals surface area contributed by atoms with Gasteiger partial charge in [-0.05, 0) is 18.4 Å². The Hall–Kier alpha value is -2.35. The number of nitrogens with one attached hydrogen (secondary N) is 1. The third kappa shape index (κ3) is 5.74. The molecular formula is C22H23BrN2O8S2. The minimum atomic E-state index is -1.65. The molecule has 188 valence electrons. The average molecular weight is 587 g/mol. The molecule has 0 radical (unpaired) electrons. The summed E-state index contributed by atoms with van der Waals surface area (Å²) in [5.74, 6) is -2.65. The van der Waals surface area contributed by atoms with E-state index in [1.165, 1.54) is 37.6 Å². The van der Waals surface area contributed by atoms with Crippen LogP contribution in [-0.2, 0) is 33.4 Å². The number of rotatable bonds is 10. The normalized spacial score (nSPS) is 21.1. The third-order valence-corrected chi connectivity index (χ3v) is 7.63. The molecule has 2 aliphatic rings. The molecule has 2 amide bonds. The zero-order valence-electron chi connectivity index (χ0n) is 19.1. The van der Waals surface area contributed by atoms with Gasteiger partial charge >= 0.3 is 11.9 Å². The van der Waals surface area contributed by atoms with Crippen LogP contribution in [0.25, 0.3) is 0 Å². The third-order valence-electron chi connectivity index (χ3n) is 5.18. The van der Waals surface area contributed by atoms with Gasteiger partial charge in [-0.1, -0.05) is 28.1 Å². The van der Waals surface area contributed by atoms with Gasteiger partial charge in [0, 0.05) is 35.4 Å². The number of fused-ring (bicyclic) bond motifs is 1. The summed E-state index contributed by atoms with van der Waals surface area (Å²) in [6, 6.07) is 6.54. The molecule has 10 nitrogen and oxygen atoms in total. The number of halogens is 1. The van der Waals surface area contributed by atoms with Gasteiger partial charge in [-0.2, -0.15) is 11.8 Å². The monoisotopic (exact) mass is 586 g/mol. The number of carbonyl (C=O) groups is 5. The Balaban J connectivity index is 1.83. The van der Waals surface area contributed by atoms with Gasteiger partial charge in [0.2, 0.25) is 5.91 Å². The molecule has 2 aliphatic heterocycles. The van der Waals surface area contributed by atoms with Crippen LogP contribution in [0.4, 0.5) is 0 Å². The number of hydrogen-bond donors (Lipinski definition) is 1. The Bertz CT molecular complexity index is 1080. The number of ether oxygens (including phenoxy) is 3. The van der Waals surface area contributed by atoms with E-state index in [1.54, 1.807) is 30.5 Å². The maximum atomic E-state index is 13.2. The van der Waals surface area contributed by atoms with E-state index in [-0.39, 0.29) is 23.8 Å². The van der Waals surface area contributed by atoms with Crippen molar-refractivity contribution in [1.29, 1.82) is 0 Å². The van der Waals surface area contributed by atoms with Crippen LogP contribution in [0.2, 0.25) is 0 Å². The van der Waals surface area contributed by atoms with E-state index in [1.807, 2.05) is 0 Å². The number of β-lactam (4-membered cyclic amide) rings is 1. The van der Waals surface area contributed by atoms with Crippen molar-refractivity contribution in [2.24, 2.45) is 0 Å². The second kappa shape index (κ2) is 11.6. The molecule has 0 unspecified atom stereocenters. The number of thioether (sulfide) groups is 2. The molecule has 0 bridgehead atoms. The maximum absolute atomic E-state index is 13.2. The second-order valence-corrected chi connectivity index (χ2v) is 10.3. The zero-order valence-corrected chi connectivity index (χ0v) is 22.3. The fraction of sp³-hybridized carbons (Fsp3) is 0.409. The van der Waals surface area contributed by atoms with Crippen molar-refractivity contribution in [3.63, 3.8) is 0 Å². The molecule has 1 aromatic rings. The van der Waals surface area contributed by atoms with Crippen LogP contribution in [-0.4, -0.2) is 83.6 Å². The standard InChI is InChI=1S/C22H23BrN2O8S2/c1-12(26)32-8-14-10-35-21-22(31-2,24-17(28)11-34-3)20(30)25(21)18(14)19(29)33-9-16(27)13-4-6-15(23)7-5-13/h4-7,21H,8-11H2,1-3H3,(H,24,28)/t21-,22+/m1/s1. The molecule has 1 aromatic carbocycles. The minimum Gasteiger partial charge on any atom is -0.461 e. The van der Waals surface area contributed by atoms with Crippen molar-refractivity contribution < 1.29 is 38.2 Å². The van der Waals surface area contributed by atoms with E-state index < -0.39 is 47.2 Å². The Labute approximate surface area is 218 Å². The van der Waals surface area contributed by atoms with E-state index in [4.69, 9.17) is 14.2 Å². The number of esters is 2. The first-order chi connectivity index (χ1) is 16.6. The number of amides is 2. The molecule has 0 aliphatic carbocycles. The van der Waals surface area contributed by atoms with Crippen LogP contribution >= 0.6 is 39.5 Å². The summed E-state index contributed by atoms with van der Waals surface area (Å²) in [5.41, 5.74) is -1.09. The van der Waals surface area contributed by atoms with Gasteiger partial charge in [0.1, 0.15) is 17.7 Å². The first-order valence-corrected chi connectivity index (χ1v) is 13.5. The highest BCUT2D eigenvalue weighted by molar-refractivity contribution is 9.10. The summed E-state index contributed by atoms with van der Waals surface area (Å²) in [6.07, 6.45) is 1.75. The van der Waals surface area contributed by atoms with E-state index >= 15 is 0 Å². The summed E-state index contributed by atoms with van der Waals surface area (Å²) in [6.45, 7) is 0.438. The Kier molecular flexibility index (Phi) is 9.02. The number of ketones is 1. The lowest BCUT2D eigenvalue weighted by atomic mass is 9.98. The van der Waals surface area contributed by atoms with E-state index in [0.717, 1.165) is 9.37 Å². The topological polar surface area (TPSA) is 128 Å². The second-order valence-electron chi connectivity index (χ2n) is 7.50. The van der Waals surface area contributed by atoms with Crippen LogP contribution < -0.4 is 5.32 Å². The molecule has 0 spiro atoms. The molecule has 13 heteroatoms. The van der Waals surface area contributed by atoms with Gasteiger partial charge in [0.25, 0.3) is 11.6 Å². The Morgan fingerprint density at radius 1 is 1.23 bits per heavy atom. The number of methoxy groups -OCH3 is 1. The van der Waals surface area contributed by atoms with E-state index in [2.05, 4.69) is 21.2 Å². The Morgan fingerprint density at radius 2 is 1.91 bits per heavy atom. The predicted octanol–water partition coefficient (Wildman–Crippen LogP) is 1.73. The molecular weight excluding hydrogens is 564 g/mol. The van der Waals surface area contributed by atoms with Gasteiger partial charge in [-0.25, -0.2) is 4.79 Å². The van der Waals surface area contributed by atoms with Crippen molar-refractivity contribution in [3.8, 4) is 0 Å². The zero-order chi connectivity index (χ0) is 25.8. The lowest BCUT2D eigenvalue weighted by molar-refractivity contribution is -0.192. The first-order valence-electron chi connectivity index (χ1n) is 10.3. The lowest BCUT2D eigenvalue weighted by Gasteiger charge is -2.55. The lowest BCUT2D eigenvalue weighted by Crippen LogP contribution is -2.80. The molecule has 1 fully saturated rings. The van der Waals surface area contributed by atoms with Gasteiger partial charge in [0.15, 0.2) is 12.4 Å².